The third kappa shape index (κ3) is 3.45. The summed E-state index contributed by atoms with van der Waals surface area (Å²) in [6.07, 6.45) is 2.34. The smallest absolute Gasteiger partial charge is 0.326 e. The summed E-state index contributed by atoms with van der Waals surface area (Å²) in [5.74, 6) is -0.675. The van der Waals surface area contributed by atoms with Crippen LogP contribution in [0.15, 0.2) is 70.5 Å². The molecule has 1 aliphatic heterocycles. The Balaban J connectivity index is 1.72. The fraction of sp³-hybridized carbons (Fsp3) is 0.240. The van der Waals surface area contributed by atoms with Crippen LogP contribution < -0.4 is 5.56 Å². The SMILES string of the molecule is N#Cc1ccccc1C1CC(C(=O)O)n2c(c(C3CC3)cc(-c3ccccc3)c2=O)S1. The van der Waals surface area contributed by atoms with Gasteiger partial charge in [-0.05, 0) is 54.0 Å². The summed E-state index contributed by atoms with van der Waals surface area (Å²) in [6.45, 7) is 0. The van der Waals surface area contributed by atoms with E-state index in [0.717, 1.165) is 34.6 Å². The minimum absolute atomic E-state index is 0.198. The van der Waals surface area contributed by atoms with Gasteiger partial charge in [0.15, 0.2) is 0 Å². The lowest BCUT2D eigenvalue weighted by Crippen LogP contribution is -2.36. The maximum Gasteiger partial charge on any atom is 0.326 e. The highest BCUT2D eigenvalue weighted by Crippen LogP contribution is 2.52. The zero-order chi connectivity index (χ0) is 21.5. The summed E-state index contributed by atoms with van der Waals surface area (Å²) in [7, 11) is 0. The number of carboxylic acid groups (broad SMARTS) is 1. The van der Waals surface area contributed by atoms with Crippen LogP contribution >= 0.6 is 11.8 Å². The van der Waals surface area contributed by atoms with Gasteiger partial charge in [-0.3, -0.25) is 9.36 Å². The van der Waals surface area contributed by atoms with Crippen molar-refractivity contribution in [2.45, 2.75) is 41.5 Å². The van der Waals surface area contributed by atoms with Gasteiger partial charge in [-0.15, -0.1) is 0 Å². The number of fused-ring (bicyclic) bond motifs is 1. The predicted molar refractivity (Wildman–Crippen MR) is 119 cm³/mol. The highest BCUT2D eigenvalue weighted by molar-refractivity contribution is 7.99. The van der Waals surface area contributed by atoms with Gasteiger partial charge >= 0.3 is 5.97 Å². The van der Waals surface area contributed by atoms with Crippen molar-refractivity contribution in [1.29, 1.82) is 5.26 Å². The lowest BCUT2D eigenvalue weighted by Gasteiger charge is -2.33. The molecular formula is C25H20N2O3S. The van der Waals surface area contributed by atoms with E-state index in [1.807, 2.05) is 54.6 Å². The van der Waals surface area contributed by atoms with Crippen molar-refractivity contribution >= 4 is 17.7 Å². The first-order valence-corrected chi connectivity index (χ1v) is 11.2. The number of hydrogen-bond donors (Lipinski definition) is 1. The molecule has 1 aliphatic carbocycles. The van der Waals surface area contributed by atoms with Crippen molar-refractivity contribution in [3.8, 4) is 17.2 Å². The van der Waals surface area contributed by atoms with Gasteiger partial charge < -0.3 is 5.11 Å². The van der Waals surface area contributed by atoms with Gasteiger partial charge in [-0.25, -0.2) is 4.79 Å². The second-order valence-electron chi connectivity index (χ2n) is 8.03. The zero-order valence-electron chi connectivity index (χ0n) is 16.7. The molecule has 154 valence electrons. The highest BCUT2D eigenvalue weighted by atomic mass is 32.2. The first-order valence-electron chi connectivity index (χ1n) is 10.3. The summed E-state index contributed by atoms with van der Waals surface area (Å²) in [4.78, 5) is 25.8. The number of thioether (sulfide) groups is 1. The largest absolute Gasteiger partial charge is 0.480 e. The molecule has 3 aromatic rings. The fourth-order valence-corrected chi connectivity index (χ4v) is 5.90. The highest BCUT2D eigenvalue weighted by Gasteiger charge is 2.39. The topological polar surface area (TPSA) is 83.1 Å². The van der Waals surface area contributed by atoms with Gasteiger partial charge in [0, 0.05) is 10.8 Å². The van der Waals surface area contributed by atoms with E-state index in [1.165, 1.54) is 16.3 Å². The standard InChI is InChI=1S/C25H20N2O3S/c26-14-17-8-4-5-9-18(17)22-13-21(25(29)30)27-23(28)19(15-6-2-1-3-7-15)12-20(16-10-11-16)24(27)31-22/h1-9,12,16,21-22H,10-11,13H2,(H,29,30). The minimum Gasteiger partial charge on any atom is -0.480 e. The number of aliphatic carboxylic acids is 1. The summed E-state index contributed by atoms with van der Waals surface area (Å²) in [6, 6.07) is 20.0. The van der Waals surface area contributed by atoms with Crippen LogP contribution in [0.1, 0.15) is 53.2 Å². The van der Waals surface area contributed by atoms with Crippen LogP contribution in [0.4, 0.5) is 0 Å². The van der Waals surface area contributed by atoms with Crippen LogP contribution in [0.5, 0.6) is 0 Å². The molecule has 1 aromatic heterocycles. The molecule has 0 bridgehead atoms. The third-order valence-electron chi connectivity index (χ3n) is 6.03. The van der Waals surface area contributed by atoms with Crippen LogP contribution in [-0.2, 0) is 4.79 Å². The fourth-order valence-electron chi connectivity index (χ4n) is 4.33. The Kier molecular flexibility index (Phi) is 4.91. The van der Waals surface area contributed by atoms with Gasteiger partial charge in [0.2, 0.25) is 0 Å². The number of nitrogens with zero attached hydrogens (tertiary/aromatic N) is 2. The quantitative estimate of drug-likeness (QED) is 0.623. The average Bonchev–Trinajstić information content (AvgIpc) is 3.64. The molecule has 2 aliphatic rings. The number of rotatable bonds is 4. The van der Waals surface area contributed by atoms with Gasteiger partial charge in [0.05, 0.1) is 16.7 Å². The molecule has 1 saturated carbocycles. The van der Waals surface area contributed by atoms with Crippen LogP contribution in [0.25, 0.3) is 11.1 Å². The monoisotopic (exact) mass is 428 g/mol. The molecule has 5 nitrogen and oxygen atoms in total. The molecule has 2 atom stereocenters. The molecule has 1 N–H and O–H groups in total. The molecule has 0 amide bonds. The molecule has 0 saturated heterocycles. The Morgan fingerprint density at radius 2 is 1.77 bits per heavy atom. The summed E-state index contributed by atoms with van der Waals surface area (Å²) >= 11 is 1.52. The maximum absolute atomic E-state index is 13.5. The number of pyridine rings is 1. The number of carbonyl (C=O) groups is 1. The molecule has 31 heavy (non-hydrogen) atoms. The minimum atomic E-state index is -1.02. The van der Waals surface area contributed by atoms with Gasteiger partial charge in [0.25, 0.3) is 5.56 Å². The Morgan fingerprint density at radius 1 is 1.06 bits per heavy atom. The van der Waals surface area contributed by atoms with Crippen molar-refractivity contribution in [3.63, 3.8) is 0 Å². The number of hydrogen-bond acceptors (Lipinski definition) is 4. The Hall–Kier alpha value is -3.30. The Labute approximate surface area is 184 Å². The molecule has 5 rings (SSSR count). The number of aromatic nitrogens is 1. The van der Waals surface area contributed by atoms with Crippen molar-refractivity contribution in [2.24, 2.45) is 0 Å². The third-order valence-corrected chi connectivity index (χ3v) is 7.42. The average molecular weight is 429 g/mol. The number of carboxylic acids is 1. The summed E-state index contributed by atoms with van der Waals surface area (Å²) in [5.41, 5.74) is 3.51. The number of nitriles is 1. The van der Waals surface area contributed by atoms with Crippen LogP contribution in [-0.4, -0.2) is 15.6 Å². The Morgan fingerprint density at radius 3 is 2.45 bits per heavy atom. The van der Waals surface area contributed by atoms with E-state index >= 15 is 0 Å². The predicted octanol–water partition coefficient (Wildman–Crippen LogP) is 5.13. The number of benzene rings is 2. The van der Waals surface area contributed by atoms with E-state index < -0.39 is 12.0 Å². The molecule has 0 radical (unpaired) electrons. The molecule has 6 heteroatoms. The van der Waals surface area contributed by atoms with Crippen molar-refractivity contribution in [2.75, 3.05) is 0 Å². The lowest BCUT2D eigenvalue weighted by molar-refractivity contribution is -0.141. The molecule has 2 aromatic carbocycles. The van der Waals surface area contributed by atoms with E-state index in [4.69, 9.17) is 0 Å². The molecule has 0 spiro atoms. The van der Waals surface area contributed by atoms with Crippen molar-refractivity contribution < 1.29 is 9.90 Å². The van der Waals surface area contributed by atoms with E-state index in [-0.39, 0.29) is 17.2 Å². The lowest BCUT2D eigenvalue weighted by atomic mass is 9.98. The van der Waals surface area contributed by atoms with Gasteiger partial charge in [0.1, 0.15) is 6.04 Å². The Bertz CT molecular complexity index is 1270. The maximum atomic E-state index is 13.5. The molecule has 1 fully saturated rings. The first-order chi connectivity index (χ1) is 15.1. The van der Waals surface area contributed by atoms with E-state index in [9.17, 15) is 20.0 Å². The van der Waals surface area contributed by atoms with E-state index in [2.05, 4.69) is 6.07 Å². The first kappa shape index (κ1) is 19.7. The second-order valence-corrected chi connectivity index (χ2v) is 9.22. The second kappa shape index (κ2) is 7.75. The van der Waals surface area contributed by atoms with Crippen molar-refractivity contribution in [3.05, 3.63) is 87.7 Å². The van der Waals surface area contributed by atoms with E-state index in [1.54, 1.807) is 6.07 Å². The zero-order valence-corrected chi connectivity index (χ0v) is 17.5. The van der Waals surface area contributed by atoms with Crippen LogP contribution in [0.2, 0.25) is 0 Å². The van der Waals surface area contributed by atoms with Crippen LogP contribution in [0.3, 0.4) is 0 Å². The van der Waals surface area contributed by atoms with Gasteiger partial charge in [-0.1, -0.05) is 60.3 Å². The molecular weight excluding hydrogens is 408 g/mol. The summed E-state index contributed by atoms with van der Waals surface area (Å²) in [5, 5.41) is 20.2. The van der Waals surface area contributed by atoms with Gasteiger partial charge in [-0.2, -0.15) is 5.26 Å². The van der Waals surface area contributed by atoms with Crippen LogP contribution in [0, 0.1) is 11.3 Å². The molecule has 2 heterocycles. The normalized spacial score (nSPS) is 20.0. The molecule has 2 unspecified atom stereocenters. The van der Waals surface area contributed by atoms with E-state index in [0.29, 0.717) is 17.0 Å². The summed E-state index contributed by atoms with van der Waals surface area (Å²) < 4.78 is 1.49. The van der Waals surface area contributed by atoms with Crippen molar-refractivity contribution in [1.82, 2.24) is 4.57 Å².